The summed E-state index contributed by atoms with van der Waals surface area (Å²) in [6, 6.07) is 15.3. The molecular formula is C23H24N4O3. The van der Waals surface area contributed by atoms with Gasteiger partial charge in [-0.1, -0.05) is 43.0 Å². The molecule has 1 aliphatic rings. The number of nitrogens with zero attached hydrogens (tertiary/aromatic N) is 3. The number of benzene rings is 2. The number of allylic oxidation sites excluding steroid dienone is 1. The predicted molar refractivity (Wildman–Crippen MR) is 113 cm³/mol. The number of ether oxygens (including phenoxy) is 2. The molecule has 2 atom stereocenters. The lowest BCUT2D eigenvalue weighted by Crippen LogP contribution is -2.36. The molecule has 30 heavy (non-hydrogen) atoms. The van der Waals surface area contributed by atoms with Crippen LogP contribution in [-0.4, -0.2) is 27.2 Å². The van der Waals surface area contributed by atoms with Crippen LogP contribution in [0.25, 0.3) is 0 Å². The summed E-state index contributed by atoms with van der Waals surface area (Å²) >= 11 is 0. The Labute approximate surface area is 175 Å². The van der Waals surface area contributed by atoms with E-state index in [0.717, 1.165) is 11.1 Å². The van der Waals surface area contributed by atoms with Crippen molar-refractivity contribution in [1.82, 2.24) is 14.8 Å². The van der Waals surface area contributed by atoms with Gasteiger partial charge in [0.05, 0.1) is 18.6 Å². The van der Waals surface area contributed by atoms with Crippen molar-refractivity contribution >= 4 is 11.7 Å². The summed E-state index contributed by atoms with van der Waals surface area (Å²) in [7, 11) is 0. The zero-order valence-electron chi connectivity index (χ0n) is 17.0. The lowest BCUT2D eigenvalue weighted by atomic mass is 9.86. The van der Waals surface area contributed by atoms with Crippen LogP contribution in [0.3, 0.4) is 0 Å². The van der Waals surface area contributed by atoms with Gasteiger partial charge in [0.1, 0.15) is 18.7 Å². The Balaban J connectivity index is 1.69. The third-order valence-electron chi connectivity index (χ3n) is 5.08. The molecule has 4 rings (SSSR count). The molecule has 2 aromatic carbocycles. The van der Waals surface area contributed by atoms with Crippen molar-refractivity contribution in [2.75, 3.05) is 11.9 Å². The van der Waals surface area contributed by atoms with E-state index in [0.29, 0.717) is 36.4 Å². The number of Topliss-reactive ketones (excluding diaryl/α,β-unsaturated/α-hetero) is 1. The standard InChI is InChI=1S/C23H24N4O3/c1-4-29-20-12-18(10-11-19(20)30-13-17-8-6-5-7-9-17)22-21(16(3)28)15(2)26-23-24-14-25-27(22)23/h5-12,14,21-22H,2,4,13H2,1,3H3,(H,24,25,26). The minimum Gasteiger partial charge on any atom is -0.490 e. The molecule has 1 N–H and O–H groups in total. The zero-order chi connectivity index (χ0) is 21.1. The van der Waals surface area contributed by atoms with E-state index in [9.17, 15) is 4.79 Å². The Morgan fingerprint density at radius 1 is 1.17 bits per heavy atom. The Kier molecular flexibility index (Phi) is 5.52. The van der Waals surface area contributed by atoms with Crippen LogP contribution in [0.2, 0.25) is 0 Å². The van der Waals surface area contributed by atoms with Gasteiger partial charge in [-0.05, 0) is 37.1 Å². The van der Waals surface area contributed by atoms with Gasteiger partial charge in [-0.25, -0.2) is 4.68 Å². The van der Waals surface area contributed by atoms with Crippen molar-refractivity contribution in [3.05, 3.63) is 78.3 Å². The van der Waals surface area contributed by atoms with E-state index in [2.05, 4.69) is 22.0 Å². The van der Waals surface area contributed by atoms with Gasteiger partial charge in [0.25, 0.3) is 0 Å². The Morgan fingerprint density at radius 3 is 2.70 bits per heavy atom. The molecule has 0 radical (unpaired) electrons. The van der Waals surface area contributed by atoms with Crippen molar-refractivity contribution in [2.24, 2.45) is 5.92 Å². The highest BCUT2D eigenvalue weighted by atomic mass is 16.5. The summed E-state index contributed by atoms with van der Waals surface area (Å²) in [4.78, 5) is 16.7. The van der Waals surface area contributed by atoms with Crippen LogP contribution in [0.4, 0.5) is 5.95 Å². The first kappa shape index (κ1) is 19.7. The topological polar surface area (TPSA) is 78.3 Å². The van der Waals surface area contributed by atoms with Crippen LogP contribution in [0.5, 0.6) is 11.5 Å². The first-order chi connectivity index (χ1) is 14.6. The smallest absolute Gasteiger partial charge is 0.226 e. The first-order valence-electron chi connectivity index (χ1n) is 9.87. The maximum atomic E-state index is 12.4. The fourth-order valence-electron chi connectivity index (χ4n) is 3.73. The molecule has 7 nitrogen and oxygen atoms in total. The number of carbonyl (C=O) groups is 1. The molecule has 0 aliphatic carbocycles. The Bertz CT molecular complexity index is 1060. The Morgan fingerprint density at radius 2 is 1.97 bits per heavy atom. The van der Waals surface area contributed by atoms with E-state index in [1.807, 2.05) is 55.5 Å². The highest BCUT2D eigenvalue weighted by Crippen LogP contribution is 2.40. The SMILES string of the molecule is C=C1Nc2ncnn2C(c2ccc(OCc3ccccc3)c(OCC)c2)C1C(C)=O. The van der Waals surface area contributed by atoms with Gasteiger partial charge < -0.3 is 14.8 Å². The number of fused-ring (bicyclic) bond motifs is 1. The maximum Gasteiger partial charge on any atom is 0.226 e. The molecule has 154 valence electrons. The van der Waals surface area contributed by atoms with Crippen LogP contribution in [0.1, 0.15) is 31.0 Å². The van der Waals surface area contributed by atoms with E-state index in [4.69, 9.17) is 9.47 Å². The van der Waals surface area contributed by atoms with E-state index in [1.54, 1.807) is 11.6 Å². The number of anilines is 1. The van der Waals surface area contributed by atoms with Crippen molar-refractivity contribution in [3.8, 4) is 11.5 Å². The number of hydrogen-bond donors (Lipinski definition) is 1. The molecule has 0 bridgehead atoms. The quantitative estimate of drug-likeness (QED) is 0.642. The van der Waals surface area contributed by atoms with Gasteiger partial charge in [-0.2, -0.15) is 10.1 Å². The molecular weight excluding hydrogens is 380 g/mol. The molecule has 3 aromatic rings. The number of ketones is 1. The summed E-state index contributed by atoms with van der Waals surface area (Å²) < 4.78 is 13.6. The minimum absolute atomic E-state index is 0.000939. The monoisotopic (exact) mass is 404 g/mol. The third-order valence-corrected chi connectivity index (χ3v) is 5.08. The second kappa shape index (κ2) is 8.41. The van der Waals surface area contributed by atoms with E-state index in [-0.39, 0.29) is 11.8 Å². The van der Waals surface area contributed by atoms with Crippen LogP contribution in [0.15, 0.2) is 67.1 Å². The number of rotatable bonds is 7. The molecule has 0 fully saturated rings. The summed E-state index contributed by atoms with van der Waals surface area (Å²) in [6.07, 6.45) is 1.46. The van der Waals surface area contributed by atoms with Crippen molar-refractivity contribution in [2.45, 2.75) is 26.5 Å². The average Bonchev–Trinajstić information content (AvgIpc) is 3.20. The first-order valence-corrected chi connectivity index (χ1v) is 9.87. The van der Waals surface area contributed by atoms with Crippen molar-refractivity contribution in [1.29, 1.82) is 0 Å². The number of nitrogens with one attached hydrogen (secondary N) is 1. The Hall–Kier alpha value is -3.61. The minimum atomic E-state index is -0.468. The van der Waals surface area contributed by atoms with Crippen molar-refractivity contribution in [3.63, 3.8) is 0 Å². The third kappa shape index (κ3) is 3.78. The van der Waals surface area contributed by atoms with Crippen LogP contribution in [-0.2, 0) is 11.4 Å². The second-order valence-electron chi connectivity index (χ2n) is 7.13. The number of carbonyl (C=O) groups excluding carboxylic acids is 1. The number of hydrogen-bond acceptors (Lipinski definition) is 6. The van der Waals surface area contributed by atoms with E-state index < -0.39 is 5.92 Å². The predicted octanol–water partition coefficient (Wildman–Crippen LogP) is 3.99. The van der Waals surface area contributed by atoms with Gasteiger partial charge in [0, 0.05) is 5.70 Å². The number of aromatic nitrogens is 3. The maximum absolute atomic E-state index is 12.4. The fraction of sp³-hybridized carbons (Fsp3) is 0.261. The molecule has 0 spiro atoms. The highest BCUT2D eigenvalue weighted by molar-refractivity contribution is 5.83. The largest absolute Gasteiger partial charge is 0.490 e. The van der Waals surface area contributed by atoms with E-state index >= 15 is 0 Å². The molecule has 2 unspecified atom stereocenters. The summed E-state index contributed by atoms with van der Waals surface area (Å²) in [5.74, 6) is 1.37. The van der Waals surface area contributed by atoms with E-state index in [1.165, 1.54) is 6.33 Å². The molecule has 0 saturated heterocycles. The molecule has 0 amide bonds. The summed E-state index contributed by atoms with van der Waals surface area (Å²) in [6.45, 7) is 8.46. The van der Waals surface area contributed by atoms with Crippen LogP contribution >= 0.6 is 0 Å². The molecule has 1 aromatic heterocycles. The lowest BCUT2D eigenvalue weighted by molar-refractivity contribution is -0.120. The highest BCUT2D eigenvalue weighted by Gasteiger charge is 2.38. The summed E-state index contributed by atoms with van der Waals surface area (Å²) in [5.41, 5.74) is 2.55. The van der Waals surface area contributed by atoms with Gasteiger partial charge in [-0.3, -0.25) is 4.79 Å². The van der Waals surface area contributed by atoms with Gasteiger partial charge in [0.2, 0.25) is 5.95 Å². The van der Waals surface area contributed by atoms with Crippen LogP contribution < -0.4 is 14.8 Å². The van der Waals surface area contributed by atoms with Gasteiger partial charge >= 0.3 is 0 Å². The lowest BCUT2D eigenvalue weighted by Gasteiger charge is -2.33. The van der Waals surface area contributed by atoms with Gasteiger partial charge in [-0.15, -0.1) is 0 Å². The fourth-order valence-corrected chi connectivity index (χ4v) is 3.73. The van der Waals surface area contributed by atoms with Crippen LogP contribution in [0, 0.1) is 5.92 Å². The average molecular weight is 404 g/mol. The molecule has 1 aliphatic heterocycles. The zero-order valence-corrected chi connectivity index (χ0v) is 17.0. The molecule has 7 heteroatoms. The van der Waals surface area contributed by atoms with Gasteiger partial charge in [0.15, 0.2) is 11.5 Å². The van der Waals surface area contributed by atoms with Crippen molar-refractivity contribution < 1.29 is 14.3 Å². The second-order valence-corrected chi connectivity index (χ2v) is 7.13. The molecule has 2 heterocycles. The summed E-state index contributed by atoms with van der Waals surface area (Å²) in [5, 5.41) is 7.41. The molecule has 0 saturated carbocycles. The normalized spacial score (nSPS) is 17.7.